The predicted octanol–water partition coefficient (Wildman–Crippen LogP) is 3.67. The van der Waals surface area contributed by atoms with Gasteiger partial charge in [0.2, 0.25) is 0 Å². The molecule has 19 heavy (non-hydrogen) atoms. The van der Waals surface area contributed by atoms with Crippen molar-refractivity contribution in [3.63, 3.8) is 0 Å². The smallest absolute Gasteiger partial charge is 0.330 e. The molecule has 0 aliphatic rings. The molecule has 0 aliphatic carbocycles. The highest BCUT2D eigenvalue weighted by molar-refractivity contribution is 6.31. The van der Waals surface area contributed by atoms with Crippen LogP contribution in [0.3, 0.4) is 0 Å². The normalized spacial score (nSPS) is 11.9. The summed E-state index contributed by atoms with van der Waals surface area (Å²) in [5.41, 5.74) is -0.232. The molecule has 1 aromatic rings. The molecule has 9 heteroatoms. The Kier molecular flexibility index (Phi) is 5.07. The van der Waals surface area contributed by atoms with E-state index in [0.29, 0.717) is 0 Å². The van der Waals surface area contributed by atoms with Gasteiger partial charge < -0.3 is 4.74 Å². The molecule has 0 aliphatic heterocycles. The standard InChI is InChI=1S/C10H8ClF4NO3/c11-8-2-1-7(16(17)18)3-6(8)4-19-5-10(14,15)9(12)13/h1-3,9H,4-5H2. The monoisotopic (exact) mass is 301 g/mol. The van der Waals surface area contributed by atoms with Crippen molar-refractivity contribution < 1.29 is 27.2 Å². The van der Waals surface area contributed by atoms with Gasteiger partial charge in [-0.15, -0.1) is 0 Å². The Hall–Kier alpha value is -1.41. The van der Waals surface area contributed by atoms with Gasteiger partial charge in [-0.2, -0.15) is 8.78 Å². The Bertz CT molecular complexity index is 470. The molecule has 0 heterocycles. The van der Waals surface area contributed by atoms with E-state index in [9.17, 15) is 27.7 Å². The molecule has 0 saturated carbocycles. The molecule has 0 spiro atoms. The van der Waals surface area contributed by atoms with Crippen molar-refractivity contribution in [3.8, 4) is 0 Å². The third-order valence-corrected chi connectivity index (χ3v) is 2.48. The first-order valence-corrected chi connectivity index (χ1v) is 5.28. The van der Waals surface area contributed by atoms with Gasteiger partial charge >= 0.3 is 12.3 Å². The summed E-state index contributed by atoms with van der Waals surface area (Å²) in [5, 5.41) is 10.6. The zero-order valence-electron chi connectivity index (χ0n) is 9.29. The van der Waals surface area contributed by atoms with Crippen LogP contribution in [0.1, 0.15) is 5.56 Å². The van der Waals surface area contributed by atoms with E-state index in [0.717, 1.165) is 12.1 Å². The summed E-state index contributed by atoms with van der Waals surface area (Å²) >= 11 is 5.68. The zero-order valence-corrected chi connectivity index (χ0v) is 10.0. The van der Waals surface area contributed by atoms with E-state index in [1.807, 2.05) is 0 Å². The number of hydrogen-bond acceptors (Lipinski definition) is 3. The van der Waals surface area contributed by atoms with E-state index in [2.05, 4.69) is 4.74 Å². The minimum atomic E-state index is -4.27. The van der Waals surface area contributed by atoms with Gasteiger partial charge in [-0.05, 0) is 6.07 Å². The molecular formula is C10H8ClF4NO3. The van der Waals surface area contributed by atoms with Crippen LogP contribution < -0.4 is 0 Å². The van der Waals surface area contributed by atoms with Crippen LogP contribution in [0.25, 0.3) is 0 Å². The van der Waals surface area contributed by atoms with E-state index in [1.165, 1.54) is 6.07 Å². The Morgan fingerprint density at radius 3 is 2.58 bits per heavy atom. The SMILES string of the molecule is O=[N+]([O-])c1ccc(Cl)c(COCC(F)(F)C(F)F)c1. The highest BCUT2D eigenvalue weighted by atomic mass is 35.5. The van der Waals surface area contributed by atoms with Crippen molar-refractivity contribution in [2.24, 2.45) is 0 Å². The molecule has 0 bridgehead atoms. The van der Waals surface area contributed by atoms with Crippen LogP contribution in [0.4, 0.5) is 23.2 Å². The molecule has 4 nitrogen and oxygen atoms in total. The molecule has 1 aromatic carbocycles. The van der Waals surface area contributed by atoms with Crippen LogP contribution in [0.2, 0.25) is 5.02 Å². The van der Waals surface area contributed by atoms with Crippen LogP contribution in [-0.4, -0.2) is 23.9 Å². The second-order valence-electron chi connectivity index (χ2n) is 3.59. The maximum absolute atomic E-state index is 12.5. The lowest BCUT2D eigenvalue weighted by molar-refractivity contribution is -0.385. The number of ether oxygens (including phenoxy) is 1. The van der Waals surface area contributed by atoms with Crippen LogP contribution in [0, 0.1) is 10.1 Å². The number of nitrogens with zero attached hydrogens (tertiary/aromatic N) is 1. The number of benzene rings is 1. The summed E-state index contributed by atoms with van der Waals surface area (Å²) in [5.74, 6) is -4.27. The summed E-state index contributed by atoms with van der Waals surface area (Å²) in [6, 6.07) is 3.35. The summed E-state index contributed by atoms with van der Waals surface area (Å²) in [4.78, 5) is 9.79. The average molecular weight is 302 g/mol. The summed E-state index contributed by atoms with van der Waals surface area (Å²) in [6.07, 6.45) is -3.84. The maximum atomic E-state index is 12.5. The molecule has 106 valence electrons. The quantitative estimate of drug-likeness (QED) is 0.458. The van der Waals surface area contributed by atoms with Crippen molar-refractivity contribution in [1.29, 1.82) is 0 Å². The summed E-state index contributed by atoms with van der Waals surface area (Å²) < 4.78 is 53.2. The molecule has 0 atom stereocenters. The topological polar surface area (TPSA) is 52.4 Å². The minimum Gasteiger partial charge on any atom is -0.370 e. The lowest BCUT2D eigenvalue weighted by atomic mass is 10.2. The Balaban J connectivity index is 2.68. The van der Waals surface area contributed by atoms with Gasteiger partial charge in [0.05, 0.1) is 11.5 Å². The fourth-order valence-electron chi connectivity index (χ4n) is 1.15. The van der Waals surface area contributed by atoms with Gasteiger partial charge in [-0.3, -0.25) is 10.1 Å². The lowest BCUT2D eigenvalue weighted by Gasteiger charge is -2.15. The Morgan fingerprint density at radius 2 is 2.05 bits per heavy atom. The van der Waals surface area contributed by atoms with Gasteiger partial charge in [0.25, 0.3) is 5.69 Å². The number of hydrogen-bond donors (Lipinski definition) is 0. The fraction of sp³-hybridized carbons (Fsp3) is 0.400. The largest absolute Gasteiger partial charge is 0.370 e. The molecule has 0 aromatic heterocycles. The third-order valence-electron chi connectivity index (χ3n) is 2.11. The molecular weight excluding hydrogens is 294 g/mol. The van der Waals surface area contributed by atoms with Crippen molar-refractivity contribution in [1.82, 2.24) is 0 Å². The van der Waals surface area contributed by atoms with Crippen LogP contribution in [0.15, 0.2) is 18.2 Å². The first-order chi connectivity index (χ1) is 8.74. The number of nitro groups is 1. The predicted molar refractivity (Wildman–Crippen MR) is 58.7 cm³/mol. The van der Waals surface area contributed by atoms with Crippen molar-refractivity contribution in [3.05, 3.63) is 38.9 Å². The molecule has 0 unspecified atom stereocenters. The van der Waals surface area contributed by atoms with E-state index in [4.69, 9.17) is 11.6 Å². The van der Waals surface area contributed by atoms with Crippen molar-refractivity contribution in [2.75, 3.05) is 6.61 Å². The number of halogens is 5. The molecule has 0 N–H and O–H groups in total. The highest BCUT2D eigenvalue weighted by Gasteiger charge is 2.40. The van der Waals surface area contributed by atoms with Gasteiger partial charge in [0.1, 0.15) is 6.61 Å². The second-order valence-corrected chi connectivity index (χ2v) is 3.99. The molecule has 1 rings (SSSR count). The maximum Gasteiger partial charge on any atom is 0.330 e. The first-order valence-electron chi connectivity index (χ1n) is 4.90. The number of nitro benzene ring substituents is 1. The lowest BCUT2D eigenvalue weighted by Crippen LogP contribution is -2.32. The van der Waals surface area contributed by atoms with E-state index < -0.39 is 30.5 Å². The van der Waals surface area contributed by atoms with Crippen LogP contribution in [-0.2, 0) is 11.3 Å². The second kappa shape index (κ2) is 6.16. The Morgan fingerprint density at radius 1 is 1.42 bits per heavy atom. The molecule has 0 fully saturated rings. The van der Waals surface area contributed by atoms with Crippen LogP contribution >= 0.6 is 11.6 Å². The van der Waals surface area contributed by atoms with E-state index in [-0.39, 0.29) is 16.3 Å². The zero-order chi connectivity index (χ0) is 14.6. The molecule has 0 amide bonds. The van der Waals surface area contributed by atoms with Crippen LogP contribution in [0.5, 0.6) is 0 Å². The first kappa shape index (κ1) is 15.6. The molecule has 0 saturated heterocycles. The van der Waals surface area contributed by atoms with Gasteiger partial charge in [0, 0.05) is 22.7 Å². The number of non-ortho nitro benzene ring substituents is 1. The highest BCUT2D eigenvalue weighted by Crippen LogP contribution is 2.26. The average Bonchev–Trinajstić information content (AvgIpc) is 2.30. The summed E-state index contributed by atoms with van der Waals surface area (Å²) in [7, 11) is 0. The van der Waals surface area contributed by atoms with Crippen molar-refractivity contribution >= 4 is 17.3 Å². The van der Waals surface area contributed by atoms with Gasteiger partial charge in [0.15, 0.2) is 0 Å². The van der Waals surface area contributed by atoms with Gasteiger partial charge in [-0.25, -0.2) is 8.78 Å². The minimum absolute atomic E-state index is 0.0611. The fourth-order valence-corrected chi connectivity index (χ4v) is 1.32. The van der Waals surface area contributed by atoms with Crippen molar-refractivity contribution in [2.45, 2.75) is 19.0 Å². The summed E-state index contributed by atoms with van der Waals surface area (Å²) in [6.45, 7) is -2.02. The number of alkyl halides is 4. The van der Waals surface area contributed by atoms with E-state index in [1.54, 1.807) is 0 Å². The van der Waals surface area contributed by atoms with Gasteiger partial charge in [-0.1, -0.05) is 11.6 Å². The van der Waals surface area contributed by atoms with E-state index >= 15 is 0 Å². The molecule has 0 radical (unpaired) electrons. The third kappa shape index (κ3) is 4.32. The number of rotatable bonds is 6. The Labute approximate surface area is 110 Å².